The molecule has 0 saturated heterocycles. The molecule has 19 heavy (non-hydrogen) atoms. The van der Waals surface area contributed by atoms with Crippen molar-refractivity contribution in [3.8, 4) is 6.07 Å². The van der Waals surface area contributed by atoms with E-state index in [2.05, 4.69) is 10.2 Å². The Kier molecular flexibility index (Phi) is 5.02. The van der Waals surface area contributed by atoms with E-state index in [1.54, 1.807) is 6.92 Å². The van der Waals surface area contributed by atoms with Gasteiger partial charge in [-0.15, -0.1) is 0 Å². The first-order valence-corrected chi connectivity index (χ1v) is 6.93. The number of nitrogens with one attached hydrogen (secondary N) is 1. The standard InChI is InChI=1S/C10H14N4O4S/c1-3-18-10(15)8-7-12-13-9(8)19(16,17)14(2)6-4-5-11/h7H,3-4,6H2,1-2H3,(H,12,13). The van der Waals surface area contributed by atoms with E-state index in [1.807, 2.05) is 6.07 Å². The molecule has 9 heteroatoms. The van der Waals surface area contributed by atoms with Crippen LogP contribution in [0, 0.1) is 11.3 Å². The van der Waals surface area contributed by atoms with E-state index in [4.69, 9.17) is 10.00 Å². The molecule has 1 aromatic heterocycles. The number of nitrogens with zero attached hydrogens (tertiary/aromatic N) is 3. The topological polar surface area (TPSA) is 116 Å². The van der Waals surface area contributed by atoms with E-state index in [0.29, 0.717) is 0 Å². The zero-order valence-electron chi connectivity index (χ0n) is 10.6. The molecule has 0 atom stereocenters. The average molecular weight is 286 g/mol. The summed E-state index contributed by atoms with van der Waals surface area (Å²) in [5, 5.41) is 14.0. The van der Waals surface area contributed by atoms with Crippen LogP contribution in [0.25, 0.3) is 0 Å². The van der Waals surface area contributed by atoms with Gasteiger partial charge in [0.1, 0.15) is 5.56 Å². The van der Waals surface area contributed by atoms with Crippen LogP contribution in [0.2, 0.25) is 0 Å². The molecular weight excluding hydrogens is 272 g/mol. The maximum atomic E-state index is 12.2. The number of nitriles is 1. The summed E-state index contributed by atoms with van der Waals surface area (Å²) in [6.45, 7) is 1.78. The van der Waals surface area contributed by atoms with Gasteiger partial charge < -0.3 is 4.74 Å². The number of sulfonamides is 1. The lowest BCUT2D eigenvalue weighted by Gasteiger charge is -2.14. The highest BCUT2D eigenvalue weighted by atomic mass is 32.2. The third-order valence-electron chi connectivity index (χ3n) is 2.31. The number of esters is 1. The molecule has 1 rings (SSSR count). The molecule has 0 aliphatic carbocycles. The molecule has 0 radical (unpaired) electrons. The van der Waals surface area contributed by atoms with Gasteiger partial charge in [-0.05, 0) is 6.92 Å². The fraction of sp³-hybridized carbons (Fsp3) is 0.500. The zero-order valence-corrected chi connectivity index (χ0v) is 11.4. The summed E-state index contributed by atoms with van der Waals surface area (Å²) in [7, 11) is -2.58. The number of hydrogen-bond acceptors (Lipinski definition) is 6. The average Bonchev–Trinajstić information content (AvgIpc) is 2.85. The summed E-state index contributed by atoms with van der Waals surface area (Å²) in [5.41, 5.74) is -0.148. The summed E-state index contributed by atoms with van der Waals surface area (Å²) in [4.78, 5) is 11.6. The molecule has 0 saturated carbocycles. The quantitative estimate of drug-likeness (QED) is 0.742. The van der Waals surface area contributed by atoms with Gasteiger partial charge in [-0.25, -0.2) is 13.2 Å². The fourth-order valence-electron chi connectivity index (χ4n) is 1.31. The first-order chi connectivity index (χ1) is 8.95. The number of aromatic amines is 1. The summed E-state index contributed by atoms with van der Waals surface area (Å²) in [6.07, 6.45) is 1.15. The lowest BCUT2D eigenvalue weighted by molar-refractivity contribution is 0.0521. The molecule has 1 N–H and O–H groups in total. The summed E-state index contributed by atoms with van der Waals surface area (Å²) >= 11 is 0. The third kappa shape index (κ3) is 3.30. The molecule has 1 heterocycles. The van der Waals surface area contributed by atoms with Gasteiger partial charge in [-0.1, -0.05) is 0 Å². The predicted octanol–water partition coefficient (Wildman–Crippen LogP) is 0.121. The van der Waals surface area contributed by atoms with E-state index in [-0.39, 0.29) is 30.2 Å². The Morgan fingerprint density at radius 2 is 2.32 bits per heavy atom. The second-order valence-corrected chi connectivity index (χ2v) is 5.55. The summed E-state index contributed by atoms with van der Waals surface area (Å²) < 4.78 is 30.1. The second kappa shape index (κ2) is 6.31. The van der Waals surface area contributed by atoms with Crippen molar-refractivity contribution in [2.24, 2.45) is 0 Å². The van der Waals surface area contributed by atoms with Gasteiger partial charge in [0.25, 0.3) is 10.0 Å². The maximum absolute atomic E-state index is 12.2. The molecule has 104 valence electrons. The van der Waals surface area contributed by atoms with Gasteiger partial charge in [-0.3, -0.25) is 5.10 Å². The van der Waals surface area contributed by atoms with Crippen molar-refractivity contribution < 1.29 is 17.9 Å². The number of carbonyl (C=O) groups excluding carboxylic acids is 1. The molecule has 0 spiro atoms. The second-order valence-electron chi connectivity index (χ2n) is 3.57. The molecule has 0 aliphatic heterocycles. The Balaban J connectivity index is 3.06. The van der Waals surface area contributed by atoms with E-state index in [1.165, 1.54) is 7.05 Å². The van der Waals surface area contributed by atoms with E-state index < -0.39 is 16.0 Å². The van der Waals surface area contributed by atoms with Gasteiger partial charge in [0.2, 0.25) is 0 Å². The smallest absolute Gasteiger partial charge is 0.342 e. The minimum absolute atomic E-state index is 0.0279. The van der Waals surface area contributed by atoms with Crippen LogP contribution < -0.4 is 0 Å². The number of aromatic nitrogens is 2. The Morgan fingerprint density at radius 1 is 1.63 bits per heavy atom. The Bertz CT molecular complexity index is 587. The highest BCUT2D eigenvalue weighted by Crippen LogP contribution is 2.17. The number of H-pyrrole nitrogens is 1. The summed E-state index contributed by atoms with van der Waals surface area (Å²) in [5.74, 6) is -0.761. The molecule has 1 aromatic rings. The highest BCUT2D eigenvalue weighted by molar-refractivity contribution is 7.89. The molecule has 0 fully saturated rings. The number of carbonyl (C=O) groups is 1. The predicted molar refractivity (Wildman–Crippen MR) is 64.6 cm³/mol. The Labute approximate surface area is 111 Å². The van der Waals surface area contributed by atoms with E-state index >= 15 is 0 Å². The van der Waals surface area contributed by atoms with Crippen molar-refractivity contribution >= 4 is 16.0 Å². The lowest BCUT2D eigenvalue weighted by Crippen LogP contribution is -2.29. The number of hydrogen-bond donors (Lipinski definition) is 1. The van der Waals surface area contributed by atoms with Crippen LogP contribution in [-0.2, 0) is 14.8 Å². The number of ether oxygens (including phenoxy) is 1. The monoisotopic (exact) mass is 286 g/mol. The third-order valence-corrected chi connectivity index (χ3v) is 4.14. The van der Waals surface area contributed by atoms with Gasteiger partial charge in [0.05, 0.1) is 18.9 Å². The highest BCUT2D eigenvalue weighted by Gasteiger charge is 2.29. The minimum Gasteiger partial charge on any atom is -0.462 e. The van der Waals surface area contributed by atoms with Crippen LogP contribution >= 0.6 is 0 Å². The largest absolute Gasteiger partial charge is 0.462 e. The van der Waals surface area contributed by atoms with Crippen molar-refractivity contribution in [3.63, 3.8) is 0 Å². The first kappa shape index (κ1) is 15.1. The minimum atomic E-state index is -3.90. The zero-order chi connectivity index (χ0) is 14.5. The van der Waals surface area contributed by atoms with Crippen LogP contribution in [0.3, 0.4) is 0 Å². The van der Waals surface area contributed by atoms with Crippen molar-refractivity contribution in [2.75, 3.05) is 20.2 Å². The Morgan fingerprint density at radius 3 is 2.89 bits per heavy atom. The molecule has 0 bridgehead atoms. The van der Waals surface area contributed by atoms with Gasteiger partial charge in [-0.2, -0.15) is 14.7 Å². The van der Waals surface area contributed by atoms with Gasteiger partial charge in [0.15, 0.2) is 5.03 Å². The molecular formula is C10H14N4O4S. The molecule has 0 unspecified atom stereocenters. The van der Waals surface area contributed by atoms with Crippen molar-refractivity contribution in [3.05, 3.63) is 11.8 Å². The first-order valence-electron chi connectivity index (χ1n) is 5.49. The molecule has 0 amide bonds. The molecule has 0 aliphatic rings. The van der Waals surface area contributed by atoms with Gasteiger partial charge in [0, 0.05) is 20.0 Å². The van der Waals surface area contributed by atoms with Gasteiger partial charge >= 0.3 is 5.97 Å². The van der Waals surface area contributed by atoms with Crippen molar-refractivity contribution in [1.82, 2.24) is 14.5 Å². The lowest BCUT2D eigenvalue weighted by atomic mass is 10.4. The van der Waals surface area contributed by atoms with Crippen LogP contribution in [0.1, 0.15) is 23.7 Å². The Hall–Kier alpha value is -1.92. The van der Waals surface area contributed by atoms with E-state index in [9.17, 15) is 13.2 Å². The van der Waals surface area contributed by atoms with Crippen molar-refractivity contribution in [1.29, 1.82) is 5.26 Å². The normalized spacial score (nSPS) is 11.3. The van der Waals surface area contributed by atoms with Crippen LogP contribution in [-0.4, -0.2) is 49.1 Å². The summed E-state index contributed by atoms with van der Waals surface area (Å²) in [6, 6.07) is 1.85. The van der Waals surface area contributed by atoms with Crippen molar-refractivity contribution in [2.45, 2.75) is 18.4 Å². The fourth-order valence-corrected chi connectivity index (χ4v) is 2.53. The SMILES string of the molecule is CCOC(=O)c1cn[nH]c1S(=O)(=O)N(C)CCC#N. The van der Waals surface area contributed by atoms with Crippen LogP contribution in [0.4, 0.5) is 0 Å². The molecule has 8 nitrogen and oxygen atoms in total. The van der Waals surface area contributed by atoms with Crippen LogP contribution in [0.15, 0.2) is 11.2 Å². The maximum Gasteiger partial charge on any atom is 0.342 e. The molecule has 0 aromatic carbocycles. The number of rotatable bonds is 6. The van der Waals surface area contributed by atoms with E-state index in [0.717, 1.165) is 10.5 Å². The van der Waals surface area contributed by atoms with Crippen LogP contribution in [0.5, 0.6) is 0 Å².